The zero-order valence-corrected chi connectivity index (χ0v) is 36.6. The van der Waals surface area contributed by atoms with Gasteiger partial charge in [-0.25, -0.2) is 15.0 Å². The van der Waals surface area contributed by atoms with Crippen LogP contribution in [0, 0.1) is 0 Å². The first-order valence-corrected chi connectivity index (χ1v) is 23.0. The molecule has 0 saturated carbocycles. The van der Waals surface area contributed by atoms with Crippen LogP contribution in [0.15, 0.2) is 218 Å². The van der Waals surface area contributed by atoms with Crippen LogP contribution in [0.25, 0.3) is 60.9 Å². The first-order valence-electron chi connectivity index (χ1n) is 23.0. The van der Waals surface area contributed by atoms with E-state index in [0.29, 0.717) is 0 Å². The normalized spacial score (nSPS) is 15.2. The minimum absolute atomic E-state index is 0.707. The second-order valence-electron chi connectivity index (χ2n) is 18.5. The topological polar surface area (TPSA) is 43.6 Å². The van der Waals surface area contributed by atoms with Crippen molar-refractivity contribution >= 4 is 21.8 Å². The zero-order chi connectivity index (χ0) is 43.8. The molecular weight excluding hydrogens is 801 g/mol. The highest BCUT2D eigenvalue weighted by Gasteiger charge is 2.53. The van der Waals surface area contributed by atoms with Crippen LogP contribution in [0.4, 0.5) is 0 Å². The first-order chi connectivity index (χ1) is 32.5. The molecule has 11 aromatic rings. The van der Waals surface area contributed by atoms with E-state index in [1.807, 2.05) is 0 Å². The Kier molecular flexibility index (Phi) is 7.56. The molecule has 0 N–H and O–H groups in total. The van der Waals surface area contributed by atoms with Gasteiger partial charge in [0.25, 0.3) is 0 Å². The molecule has 2 aromatic heterocycles. The molecule has 0 atom stereocenters. The first kappa shape index (κ1) is 37.2. The van der Waals surface area contributed by atoms with Crippen LogP contribution >= 0.6 is 0 Å². The maximum Gasteiger partial charge on any atom is 0.152 e. The zero-order valence-electron chi connectivity index (χ0n) is 36.6. The van der Waals surface area contributed by atoms with E-state index in [1.54, 1.807) is 0 Å². The second-order valence-corrected chi connectivity index (χ2v) is 18.5. The molecule has 310 valence electrons. The minimum Gasteiger partial charge on any atom is -0.309 e. The molecule has 66 heavy (non-hydrogen) atoms. The fourth-order valence-electron chi connectivity index (χ4n) is 12.5. The molecule has 0 radical (unpaired) electrons. The molecule has 4 heteroatoms. The van der Waals surface area contributed by atoms with Crippen molar-refractivity contribution in [3.05, 3.63) is 275 Å². The Bertz CT molecular complexity index is 3570. The summed E-state index contributed by atoms with van der Waals surface area (Å²) in [6.07, 6.45) is 0. The molecule has 0 saturated heterocycles. The van der Waals surface area contributed by atoms with Gasteiger partial charge in [0.2, 0.25) is 0 Å². The summed E-state index contributed by atoms with van der Waals surface area (Å²) in [6.45, 7) is 4.66. The Balaban J connectivity index is 1.18. The fraction of sp³-hybridized carbons (Fsp3) is 0.0806. The summed E-state index contributed by atoms with van der Waals surface area (Å²) in [6, 6.07) is 79.7. The van der Waals surface area contributed by atoms with E-state index in [-0.39, 0.29) is 0 Å². The monoisotopic (exact) mass is 842 g/mol. The summed E-state index contributed by atoms with van der Waals surface area (Å²) in [5, 5.41) is 2.36. The minimum atomic E-state index is -0.965. The lowest BCUT2D eigenvalue weighted by atomic mass is 9.69. The highest BCUT2D eigenvalue weighted by atomic mass is 15.1. The average molecular weight is 843 g/mol. The average Bonchev–Trinajstić information content (AvgIpc) is 4.06. The van der Waals surface area contributed by atoms with Gasteiger partial charge in [-0.1, -0.05) is 194 Å². The van der Waals surface area contributed by atoms with Crippen LogP contribution in [0.3, 0.4) is 0 Å². The molecule has 3 aliphatic carbocycles. The number of aromatic nitrogens is 4. The molecule has 2 heterocycles. The third-order valence-electron chi connectivity index (χ3n) is 15.4. The smallest absolute Gasteiger partial charge is 0.152 e. The van der Waals surface area contributed by atoms with Crippen LogP contribution in [-0.4, -0.2) is 19.5 Å². The number of benzene rings is 9. The lowest BCUT2D eigenvalue weighted by Crippen LogP contribution is -2.37. The molecule has 0 spiro atoms. The molecule has 0 amide bonds. The highest BCUT2D eigenvalue weighted by molar-refractivity contribution is 6.12. The number of rotatable bonds is 5. The van der Waals surface area contributed by atoms with Crippen LogP contribution in [0.5, 0.6) is 0 Å². The number of hydrogen-bond acceptors (Lipinski definition) is 3. The van der Waals surface area contributed by atoms with Gasteiger partial charge in [-0.2, -0.15) is 0 Å². The second kappa shape index (κ2) is 13.4. The van der Waals surface area contributed by atoms with Gasteiger partial charge in [-0.3, -0.25) is 0 Å². The van der Waals surface area contributed by atoms with Crippen molar-refractivity contribution in [1.29, 1.82) is 0 Å². The van der Waals surface area contributed by atoms with Gasteiger partial charge in [0, 0.05) is 16.5 Å². The van der Waals surface area contributed by atoms with Crippen LogP contribution in [0.1, 0.15) is 70.3 Å². The molecule has 3 aliphatic rings. The summed E-state index contributed by atoms with van der Waals surface area (Å²) < 4.78 is 2.42. The van der Waals surface area contributed by atoms with Gasteiger partial charge in [0.15, 0.2) is 5.82 Å². The lowest BCUT2D eigenvalue weighted by molar-refractivity contribution is 0.555. The van der Waals surface area contributed by atoms with E-state index < -0.39 is 16.2 Å². The largest absolute Gasteiger partial charge is 0.309 e. The van der Waals surface area contributed by atoms with Crippen molar-refractivity contribution in [2.24, 2.45) is 0 Å². The summed E-state index contributed by atoms with van der Waals surface area (Å²) in [5.41, 5.74) is 16.5. The fourth-order valence-corrected chi connectivity index (χ4v) is 12.5. The van der Waals surface area contributed by atoms with Gasteiger partial charge in [-0.05, 0) is 110 Å². The standard InChI is InChI=1S/C62H42N4/c1-60(47-30-13-6-23-40(47)41-24-7-14-31-48(41)60)57-63-58(61(2)49-32-15-8-25-42(49)43-26-9-16-33-50(43)61)65-59(64-57)62(51-34-17-10-27-44(51)45-28-11-18-35-52(45)62)53-36-20-38-55-56(53)46-29-12-19-37-54(46)66(55)39-21-4-3-5-22-39/h3-38H,1-2H3. The maximum absolute atomic E-state index is 6.05. The summed E-state index contributed by atoms with van der Waals surface area (Å²) in [7, 11) is 0. The van der Waals surface area contributed by atoms with Crippen molar-refractivity contribution in [3.8, 4) is 39.1 Å². The molecule has 9 aromatic carbocycles. The van der Waals surface area contributed by atoms with Crippen molar-refractivity contribution < 1.29 is 0 Å². The number of hydrogen-bond donors (Lipinski definition) is 0. The van der Waals surface area contributed by atoms with Crippen LogP contribution in [-0.2, 0) is 16.2 Å². The number of para-hydroxylation sites is 2. The Morgan fingerprint density at radius 3 is 1.14 bits per heavy atom. The van der Waals surface area contributed by atoms with Crippen molar-refractivity contribution in [3.63, 3.8) is 0 Å². The van der Waals surface area contributed by atoms with Gasteiger partial charge in [0.1, 0.15) is 17.1 Å². The summed E-state index contributed by atoms with van der Waals surface area (Å²) in [5.74, 6) is 2.20. The number of nitrogens with zero attached hydrogens (tertiary/aromatic N) is 4. The quantitative estimate of drug-likeness (QED) is 0.173. The Hall–Kier alpha value is -8.21. The lowest BCUT2D eigenvalue weighted by Gasteiger charge is -2.36. The van der Waals surface area contributed by atoms with E-state index in [4.69, 9.17) is 15.0 Å². The van der Waals surface area contributed by atoms with Gasteiger partial charge in [0.05, 0.1) is 21.9 Å². The Morgan fingerprint density at radius 2 is 0.652 bits per heavy atom. The molecule has 4 nitrogen and oxygen atoms in total. The molecule has 0 fully saturated rings. The van der Waals surface area contributed by atoms with Gasteiger partial charge >= 0.3 is 0 Å². The third kappa shape index (κ3) is 4.60. The Labute approximate surface area is 383 Å². The third-order valence-corrected chi connectivity index (χ3v) is 15.4. The molecule has 0 bridgehead atoms. The van der Waals surface area contributed by atoms with Crippen LogP contribution in [0.2, 0.25) is 0 Å². The van der Waals surface area contributed by atoms with E-state index >= 15 is 0 Å². The number of fused-ring (bicyclic) bond motifs is 12. The van der Waals surface area contributed by atoms with Crippen molar-refractivity contribution in [2.75, 3.05) is 0 Å². The predicted octanol–water partition coefficient (Wildman–Crippen LogP) is 14.0. The molecule has 14 rings (SSSR count). The Morgan fingerprint density at radius 1 is 0.303 bits per heavy atom. The van der Waals surface area contributed by atoms with E-state index in [9.17, 15) is 0 Å². The molecule has 0 aliphatic heterocycles. The highest BCUT2D eigenvalue weighted by Crippen LogP contribution is 2.59. The van der Waals surface area contributed by atoms with Crippen molar-refractivity contribution in [2.45, 2.75) is 30.1 Å². The summed E-state index contributed by atoms with van der Waals surface area (Å²) in [4.78, 5) is 18.0. The predicted molar refractivity (Wildman–Crippen MR) is 266 cm³/mol. The van der Waals surface area contributed by atoms with Gasteiger partial charge in [-0.15, -0.1) is 0 Å². The SMILES string of the molecule is CC1(c2nc(C3(C)c4ccccc4-c4ccccc43)nc(C3(c4cccc5c4c4ccccc4n5-c4ccccc4)c4ccccc4-c4ccccc43)n2)c2ccccc2-c2ccccc21. The van der Waals surface area contributed by atoms with E-state index in [1.165, 1.54) is 66.4 Å². The molecule has 0 unspecified atom stereocenters. The molecular formula is C62H42N4. The van der Waals surface area contributed by atoms with Crippen LogP contribution < -0.4 is 0 Å². The van der Waals surface area contributed by atoms with Crippen molar-refractivity contribution in [1.82, 2.24) is 19.5 Å². The van der Waals surface area contributed by atoms with E-state index in [0.717, 1.165) is 50.9 Å². The summed E-state index contributed by atoms with van der Waals surface area (Å²) >= 11 is 0. The van der Waals surface area contributed by atoms with E-state index in [2.05, 4.69) is 237 Å². The van der Waals surface area contributed by atoms with Gasteiger partial charge < -0.3 is 4.57 Å². The maximum atomic E-state index is 6.05.